The van der Waals surface area contributed by atoms with E-state index in [0.29, 0.717) is 6.42 Å². The predicted octanol–water partition coefficient (Wildman–Crippen LogP) is 7.83. The van der Waals surface area contributed by atoms with Crippen LogP contribution in [0.4, 0.5) is 0 Å². The van der Waals surface area contributed by atoms with Gasteiger partial charge in [-0.2, -0.15) is 0 Å². The van der Waals surface area contributed by atoms with Gasteiger partial charge in [0, 0.05) is 6.42 Å². The SMILES string of the molecule is CC/C=C\C/C=C\C/C=C\C/C=C\C/C=C\CC(=O)NC(COC1OC(CO)C(O)C(O)C1O)C(O)/C=C/CCCCCCCCCCCCCCC. The minimum absolute atomic E-state index is 0.111. The quantitative estimate of drug-likeness (QED) is 0.0302. The molecule has 7 atom stereocenters. The molecule has 6 N–H and O–H groups in total. The van der Waals surface area contributed by atoms with Crippen LogP contribution < -0.4 is 5.32 Å². The highest BCUT2D eigenvalue weighted by Crippen LogP contribution is 2.22. The maximum absolute atomic E-state index is 12.8. The molecule has 0 aromatic carbocycles. The maximum atomic E-state index is 12.8. The van der Waals surface area contributed by atoms with Crippen molar-refractivity contribution in [2.45, 2.75) is 185 Å². The van der Waals surface area contributed by atoms with Crippen LogP contribution >= 0.6 is 0 Å². The summed E-state index contributed by atoms with van der Waals surface area (Å²) in [5, 5.41) is 53.9. The van der Waals surface area contributed by atoms with Crippen LogP contribution in [-0.2, 0) is 14.3 Å². The molecule has 0 aromatic rings. The summed E-state index contributed by atoms with van der Waals surface area (Å²) >= 11 is 0. The Morgan fingerprint density at radius 2 is 1.15 bits per heavy atom. The van der Waals surface area contributed by atoms with Gasteiger partial charge in [-0.3, -0.25) is 4.79 Å². The molecule has 0 aliphatic carbocycles. The van der Waals surface area contributed by atoms with Crippen LogP contribution in [0.5, 0.6) is 0 Å². The van der Waals surface area contributed by atoms with Crippen molar-refractivity contribution in [1.82, 2.24) is 5.32 Å². The van der Waals surface area contributed by atoms with Gasteiger partial charge in [0.2, 0.25) is 5.91 Å². The van der Waals surface area contributed by atoms with E-state index < -0.39 is 49.5 Å². The first-order valence-corrected chi connectivity index (χ1v) is 20.7. The Morgan fingerprint density at radius 3 is 1.66 bits per heavy atom. The Balaban J connectivity index is 2.50. The second-order valence-corrected chi connectivity index (χ2v) is 14.1. The Bertz CT molecular complexity index is 1050. The van der Waals surface area contributed by atoms with Crippen molar-refractivity contribution in [3.05, 3.63) is 72.9 Å². The molecule has 1 aliphatic rings. The smallest absolute Gasteiger partial charge is 0.224 e. The molecule has 9 nitrogen and oxygen atoms in total. The molecule has 53 heavy (non-hydrogen) atoms. The summed E-state index contributed by atoms with van der Waals surface area (Å²) in [4.78, 5) is 12.8. The standard InChI is InChI=1S/C44H75NO8/c1-3-5-7-9-11-13-15-17-19-21-23-25-27-29-31-33-38(47)37(36-52-44-43(51)42(50)41(49)39(35-46)53-44)45-40(48)34-32-30-28-26-24-22-20-18-16-14-12-10-8-6-4-2/h6,8,12,14,18,20,24,26,30-33,37-39,41-44,46-47,49-51H,3-5,7,9-11,13,15-17,19,21-23,25,27-29,34-36H2,1-2H3,(H,45,48)/b8-6-,14-12-,20-18-,26-24-,32-30-,33-31+. The van der Waals surface area contributed by atoms with Crippen molar-refractivity contribution in [2.24, 2.45) is 0 Å². The van der Waals surface area contributed by atoms with Crippen LogP contribution in [0.25, 0.3) is 0 Å². The maximum Gasteiger partial charge on any atom is 0.224 e. The Morgan fingerprint density at radius 1 is 0.660 bits per heavy atom. The summed E-state index contributed by atoms with van der Waals surface area (Å²) in [6.45, 7) is 3.57. The van der Waals surface area contributed by atoms with E-state index in [4.69, 9.17) is 9.47 Å². The number of amides is 1. The van der Waals surface area contributed by atoms with E-state index in [1.165, 1.54) is 70.6 Å². The number of aliphatic hydroxyl groups excluding tert-OH is 5. The zero-order valence-corrected chi connectivity index (χ0v) is 33.0. The Labute approximate surface area is 321 Å². The molecule has 0 radical (unpaired) electrons. The van der Waals surface area contributed by atoms with E-state index >= 15 is 0 Å². The highest BCUT2D eigenvalue weighted by Gasteiger charge is 2.44. The molecule has 0 saturated carbocycles. The molecule has 0 spiro atoms. The molecule has 304 valence electrons. The second-order valence-electron chi connectivity index (χ2n) is 14.1. The van der Waals surface area contributed by atoms with Crippen LogP contribution in [0.2, 0.25) is 0 Å². The molecule has 1 saturated heterocycles. The number of unbranched alkanes of at least 4 members (excludes halogenated alkanes) is 13. The minimum Gasteiger partial charge on any atom is -0.394 e. The highest BCUT2D eigenvalue weighted by molar-refractivity contribution is 5.77. The fraction of sp³-hybridized carbons (Fsp3) is 0.705. The first-order valence-electron chi connectivity index (χ1n) is 20.7. The third kappa shape index (κ3) is 25.4. The normalized spacial score (nSPS) is 22.4. The molecule has 1 fully saturated rings. The molecule has 9 heteroatoms. The van der Waals surface area contributed by atoms with Crippen LogP contribution in [-0.4, -0.2) is 87.5 Å². The molecular formula is C44H75NO8. The number of ether oxygens (including phenoxy) is 2. The summed E-state index contributed by atoms with van der Waals surface area (Å²) < 4.78 is 11.1. The summed E-state index contributed by atoms with van der Waals surface area (Å²) in [6, 6.07) is -0.861. The number of hydrogen-bond acceptors (Lipinski definition) is 8. The van der Waals surface area contributed by atoms with Crippen molar-refractivity contribution in [3.63, 3.8) is 0 Å². The van der Waals surface area contributed by atoms with E-state index in [-0.39, 0.29) is 18.9 Å². The fourth-order valence-corrected chi connectivity index (χ4v) is 5.99. The lowest BCUT2D eigenvalue weighted by Gasteiger charge is -2.40. The van der Waals surface area contributed by atoms with Gasteiger partial charge >= 0.3 is 0 Å². The van der Waals surface area contributed by atoms with Gasteiger partial charge in [0.15, 0.2) is 6.29 Å². The van der Waals surface area contributed by atoms with E-state index in [1.54, 1.807) is 12.2 Å². The lowest BCUT2D eigenvalue weighted by molar-refractivity contribution is -0.302. The summed E-state index contributed by atoms with van der Waals surface area (Å²) in [7, 11) is 0. The average Bonchev–Trinajstić information content (AvgIpc) is 3.16. The number of aliphatic hydroxyl groups is 5. The lowest BCUT2D eigenvalue weighted by atomic mass is 9.99. The first-order chi connectivity index (χ1) is 25.8. The van der Waals surface area contributed by atoms with E-state index in [9.17, 15) is 30.3 Å². The number of carbonyl (C=O) groups excluding carboxylic acids is 1. The van der Waals surface area contributed by atoms with Gasteiger partial charge in [0.05, 0.1) is 25.4 Å². The summed E-state index contributed by atoms with van der Waals surface area (Å²) in [6.07, 6.45) is 38.2. The van der Waals surface area contributed by atoms with Crippen molar-refractivity contribution in [1.29, 1.82) is 0 Å². The molecular weight excluding hydrogens is 670 g/mol. The Hall–Kier alpha value is -2.37. The van der Waals surface area contributed by atoms with Gasteiger partial charge in [-0.25, -0.2) is 0 Å². The lowest BCUT2D eigenvalue weighted by Crippen LogP contribution is -2.60. The van der Waals surface area contributed by atoms with Crippen molar-refractivity contribution < 1.29 is 39.8 Å². The van der Waals surface area contributed by atoms with Gasteiger partial charge in [0.1, 0.15) is 24.4 Å². The zero-order chi connectivity index (χ0) is 38.8. The Kier molecular flexibility index (Phi) is 31.3. The zero-order valence-electron chi connectivity index (χ0n) is 33.0. The van der Waals surface area contributed by atoms with Gasteiger partial charge in [-0.1, -0.05) is 164 Å². The number of nitrogens with one attached hydrogen (secondary N) is 1. The average molecular weight is 746 g/mol. The van der Waals surface area contributed by atoms with Crippen molar-refractivity contribution >= 4 is 5.91 Å². The summed E-state index contributed by atoms with van der Waals surface area (Å²) in [5.74, 6) is -0.308. The van der Waals surface area contributed by atoms with Crippen molar-refractivity contribution in [3.8, 4) is 0 Å². The van der Waals surface area contributed by atoms with E-state index in [2.05, 4.69) is 61.7 Å². The van der Waals surface area contributed by atoms with Crippen molar-refractivity contribution in [2.75, 3.05) is 13.2 Å². The number of allylic oxidation sites excluding steroid dienone is 10. The molecule has 0 bridgehead atoms. The topological polar surface area (TPSA) is 149 Å². The van der Waals surface area contributed by atoms with Gasteiger partial charge in [0.25, 0.3) is 0 Å². The number of rotatable bonds is 32. The van der Waals surface area contributed by atoms with Crippen LogP contribution in [0.15, 0.2) is 72.9 Å². The first kappa shape index (κ1) is 48.6. The van der Waals surface area contributed by atoms with Gasteiger partial charge < -0.3 is 40.3 Å². The third-order valence-electron chi connectivity index (χ3n) is 9.32. The minimum atomic E-state index is -1.58. The predicted molar refractivity (Wildman–Crippen MR) is 216 cm³/mol. The third-order valence-corrected chi connectivity index (χ3v) is 9.32. The molecule has 7 unspecified atom stereocenters. The van der Waals surface area contributed by atoms with Gasteiger partial charge in [-0.05, 0) is 44.9 Å². The van der Waals surface area contributed by atoms with Crippen LogP contribution in [0, 0.1) is 0 Å². The van der Waals surface area contributed by atoms with Crippen LogP contribution in [0.3, 0.4) is 0 Å². The number of hydrogen-bond donors (Lipinski definition) is 6. The van der Waals surface area contributed by atoms with Gasteiger partial charge in [-0.15, -0.1) is 0 Å². The van der Waals surface area contributed by atoms with E-state index in [0.717, 1.165) is 44.9 Å². The molecule has 1 heterocycles. The molecule has 1 amide bonds. The largest absolute Gasteiger partial charge is 0.394 e. The fourth-order valence-electron chi connectivity index (χ4n) is 5.99. The molecule has 0 aromatic heterocycles. The molecule has 1 aliphatic heterocycles. The highest BCUT2D eigenvalue weighted by atomic mass is 16.7. The van der Waals surface area contributed by atoms with E-state index in [1.807, 2.05) is 18.2 Å². The monoisotopic (exact) mass is 746 g/mol. The molecule has 1 rings (SSSR count). The van der Waals surface area contributed by atoms with Crippen LogP contribution in [0.1, 0.15) is 142 Å². The second kappa shape index (κ2) is 34.1. The summed E-state index contributed by atoms with van der Waals surface area (Å²) in [5.41, 5.74) is 0. The number of carbonyl (C=O) groups is 1.